The molecule has 2 aliphatic rings. The number of halogens is 3. The predicted octanol–water partition coefficient (Wildman–Crippen LogP) is 5.64. The largest absolute Gasteiger partial charge is 0.480 e. The summed E-state index contributed by atoms with van der Waals surface area (Å²) in [6.07, 6.45) is 0.795. The van der Waals surface area contributed by atoms with Gasteiger partial charge in [0, 0.05) is 11.1 Å². The van der Waals surface area contributed by atoms with Crippen molar-refractivity contribution in [3.8, 4) is 0 Å². The summed E-state index contributed by atoms with van der Waals surface area (Å²) in [5.41, 5.74) is 0.246. The second-order valence-electron chi connectivity index (χ2n) is 8.93. The molecule has 184 valence electrons. The van der Waals surface area contributed by atoms with E-state index < -0.39 is 41.2 Å². The monoisotopic (exact) mass is 542 g/mol. The molecule has 36 heavy (non-hydrogen) atoms. The quantitative estimate of drug-likeness (QED) is 0.321. The van der Waals surface area contributed by atoms with E-state index in [2.05, 4.69) is 5.32 Å². The molecular weight excluding hydrogens is 523 g/mol. The third-order valence-corrected chi connectivity index (χ3v) is 8.12. The van der Waals surface area contributed by atoms with E-state index >= 15 is 0 Å². The Morgan fingerprint density at radius 3 is 2.28 bits per heavy atom. The minimum atomic E-state index is -1.89. The van der Waals surface area contributed by atoms with E-state index in [9.17, 15) is 19.5 Å². The molecule has 3 aromatic carbocycles. The fourth-order valence-corrected chi connectivity index (χ4v) is 6.13. The molecule has 0 saturated carbocycles. The number of amides is 2. The Hall–Kier alpha value is -2.90. The molecule has 4 atom stereocenters. The topological polar surface area (TPSA) is 86.7 Å². The first-order valence-corrected chi connectivity index (χ1v) is 12.5. The number of carboxylic acids is 1. The molecule has 2 amide bonds. The van der Waals surface area contributed by atoms with Crippen LogP contribution in [0.15, 0.2) is 66.7 Å². The number of carbonyl (C=O) groups excluding carboxylic acids is 2. The Balaban J connectivity index is 1.73. The lowest BCUT2D eigenvalue weighted by molar-refractivity contribution is -0.149. The minimum absolute atomic E-state index is 0.137. The summed E-state index contributed by atoms with van der Waals surface area (Å²) in [6, 6.07) is 17.5. The molecule has 0 spiro atoms. The Morgan fingerprint density at radius 1 is 1.00 bits per heavy atom. The Morgan fingerprint density at radius 2 is 1.67 bits per heavy atom. The minimum Gasteiger partial charge on any atom is -0.480 e. The Bertz CT molecular complexity index is 1380. The lowest BCUT2D eigenvalue weighted by Gasteiger charge is -2.32. The van der Waals surface area contributed by atoms with E-state index in [1.54, 1.807) is 48.5 Å². The van der Waals surface area contributed by atoms with Gasteiger partial charge in [-0.15, -0.1) is 0 Å². The summed E-state index contributed by atoms with van der Waals surface area (Å²) in [5.74, 6) is -4.70. The van der Waals surface area contributed by atoms with Crippen molar-refractivity contribution in [1.29, 1.82) is 0 Å². The predicted molar refractivity (Wildman–Crippen MR) is 138 cm³/mol. The number of anilines is 1. The first-order valence-electron chi connectivity index (χ1n) is 11.4. The van der Waals surface area contributed by atoms with Gasteiger partial charge in [-0.05, 0) is 47.4 Å². The molecule has 6 nitrogen and oxygen atoms in total. The number of carbonyl (C=O) groups is 3. The van der Waals surface area contributed by atoms with E-state index in [1.807, 2.05) is 19.1 Å². The number of nitrogens with one attached hydrogen (secondary N) is 1. The molecule has 0 radical (unpaired) electrons. The zero-order chi connectivity index (χ0) is 25.8. The number of imide groups is 1. The van der Waals surface area contributed by atoms with E-state index in [0.717, 1.165) is 16.9 Å². The summed E-state index contributed by atoms with van der Waals surface area (Å²) >= 11 is 19.1. The maximum Gasteiger partial charge on any atom is 0.329 e. The fourth-order valence-electron chi connectivity index (χ4n) is 5.40. The highest BCUT2D eigenvalue weighted by atomic mass is 35.5. The average molecular weight is 544 g/mol. The van der Waals surface area contributed by atoms with Crippen molar-refractivity contribution in [2.24, 2.45) is 11.8 Å². The number of nitrogens with zero attached hydrogens (tertiary/aromatic N) is 1. The molecule has 5 rings (SSSR count). The van der Waals surface area contributed by atoms with E-state index in [4.69, 9.17) is 34.8 Å². The fraction of sp³-hybridized carbons (Fsp3) is 0.222. The van der Waals surface area contributed by atoms with Gasteiger partial charge < -0.3 is 5.11 Å². The third-order valence-electron chi connectivity index (χ3n) is 7.09. The van der Waals surface area contributed by atoms with Gasteiger partial charge in [0.25, 0.3) is 0 Å². The summed E-state index contributed by atoms with van der Waals surface area (Å²) in [4.78, 5) is 42.0. The van der Waals surface area contributed by atoms with Crippen LogP contribution >= 0.6 is 34.8 Å². The van der Waals surface area contributed by atoms with Crippen LogP contribution in [0, 0.1) is 11.8 Å². The van der Waals surface area contributed by atoms with Crippen LogP contribution in [-0.2, 0) is 26.3 Å². The van der Waals surface area contributed by atoms with Crippen LogP contribution < -0.4 is 10.2 Å². The van der Waals surface area contributed by atoms with Crippen LogP contribution in [0.5, 0.6) is 0 Å². The first-order chi connectivity index (χ1) is 17.2. The number of aliphatic carboxylic acids is 1. The average Bonchev–Trinajstić information content (AvgIpc) is 3.36. The normalized spacial score (nSPS) is 25.3. The van der Waals surface area contributed by atoms with E-state index in [0.29, 0.717) is 16.8 Å². The van der Waals surface area contributed by atoms with Crippen LogP contribution in [-0.4, -0.2) is 22.9 Å². The Kier molecular flexibility index (Phi) is 6.33. The molecule has 4 unspecified atom stereocenters. The highest BCUT2D eigenvalue weighted by molar-refractivity contribution is 6.43. The van der Waals surface area contributed by atoms with Crippen molar-refractivity contribution in [2.45, 2.75) is 24.9 Å². The summed E-state index contributed by atoms with van der Waals surface area (Å²) in [7, 11) is 0. The lowest BCUT2D eigenvalue weighted by atomic mass is 9.75. The molecule has 2 N–H and O–H groups in total. The SMILES string of the molecule is CCc1ccc(N2C(=O)C3C(c4cc(Cl)cc(Cl)c4Cl)NC(C(=O)O)(c4ccccc4)C3C2=O)cc1. The summed E-state index contributed by atoms with van der Waals surface area (Å²) in [6.45, 7) is 2.00. The zero-order valence-corrected chi connectivity index (χ0v) is 21.3. The Labute approximate surface area is 222 Å². The van der Waals surface area contributed by atoms with Crippen LogP contribution in [0.2, 0.25) is 15.1 Å². The van der Waals surface area contributed by atoms with Gasteiger partial charge in [0.15, 0.2) is 5.54 Å². The van der Waals surface area contributed by atoms with E-state index in [1.165, 1.54) is 6.07 Å². The second-order valence-corrected chi connectivity index (χ2v) is 10.1. The molecule has 2 fully saturated rings. The number of carboxylic acid groups (broad SMARTS) is 1. The molecule has 2 saturated heterocycles. The summed E-state index contributed by atoms with van der Waals surface area (Å²) in [5, 5.41) is 14.3. The number of rotatable bonds is 5. The van der Waals surface area contributed by atoms with Crippen LogP contribution in [0.3, 0.4) is 0 Å². The lowest BCUT2D eigenvalue weighted by Crippen LogP contribution is -2.53. The highest BCUT2D eigenvalue weighted by Crippen LogP contribution is 2.55. The van der Waals surface area contributed by atoms with Gasteiger partial charge >= 0.3 is 5.97 Å². The summed E-state index contributed by atoms with van der Waals surface area (Å²) < 4.78 is 0. The zero-order valence-electron chi connectivity index (χ0n) is 19.0. The van der Waals surface area contributed by atoms with Gasteiger partial charge in [-0.2, -0.15) is 0 Å². The molecule has 0 bridgehead atoms. The van der Waals surface area contributed by atoms with Gasteiger partial charge in [-0.25, -0.2) is 9.69 Å². The van der Waals surface area contributed by atoms with Crippen molar-refractivity contribution in [2.75, 3.05) is 4.90 Å². The van der Waals surface area contributed by atoms with Gasteiger partial charge in [-0.3, -0.25) is 14.9 Å². The standard InChI is InChI=1S/C27H21Cl3N2O4/c1-2-14-8-10-17(11-9-14)32-24(33)20-21(25(32)34)27(26(35)36,15-6-4-3-5-7-15)31-23(20)18-12-16(28)13-19(29)22(18)30/h3-13,20-21,23,31H,2H2,1H3,(H,35,36). The van der Waals surface area contributed by atoms with Crippen LogP contribution in [0.1, 0.15) is 29.7 Å². The van der Waals surface area contributed by atoms with Crippen molar-refractivity contribution >= 4 is 58.3 Å². The number of hydrogen-bond donors (Lipinski definition) is 2. The number of aryl methyl sites for hydroxylation is 1. The maximum absolute atomic E-state index is 14.0. The molecule has 0 aromatic heterocycles. The number of fused-ring (bicyclic) bond motifs is 1. The smallest absolute Gasteiger partial charge is 0.329 e. The van der Waals surface area contributed by atoms with Crippen molar-refractivity contribution in [3.05, 3.63) is 98.5 Å². The third kappa shape index (κ3) is 3.63. The highest BCUT2D eigenvalue weighted by Gasteiger charge is 2.69. The van der Waals surface area contributed by atoms with E-state index in [-0.39, 0.29) is 15.1 Å². The molecular formula is C27H21Cl3N2O4. The van der Waals surface area contributed by atoms with Crippen molar-refractivity contribution in [3.63, 3.8) is 0 Å². The maximum atomic E-state index is 14.0. The first kappa shape index (κ1) is 24.8. The van der Waals surface area contributed by atoms with Crippen molar-refractivity contribution in [1.82, 2.24) is 5.32 Å². The van der Waals surface area contributed by atoms with Gasteiger partial charge in [-0.1, -0.05) is 84.2 Å². The molecule has 9 heteroatoms. The second kappa shape index (κ2) is 9.20. The number of hydrogen-bond acceptors (Lipinski definition) is 4. The van der Waals surface area contributed by atoms with Crippen molar-refractivity contribution < 1.29 is 19.5 Å². The van der Waals surface area contributed by atoms with Gasteiger partial charge in [0.05, 0.1) is 27.6 Å². The molecule has 2 aliphatic heterocycles. The number of benzene rings is 3. The van der Waals surface area contributed by atoms with Gasteiger partial charge in [0.2, 0.25) is 11.8 Å². The molecule has 0 aliphatic carbocycles. The molecule has 2 heterocycles. The molecule has 3 aromatic rings. The van der Waals surface area contributed by atoms with Gasteiger partial charge in [0.1, 0.15) is 0 Å². The van der Waals surface area contributed by atoms with Crippen LogP contribution in [0.4, 0.5) is 5.69 Å². The van der Waals surface area contributed by atoms with Crippen LogP contribution in [0.25, 0.3) is 0 Å².